The normalized spacial score (nSPS) is 15.0. The Bertz CT molecular complexity index is 1990. The molecule has 1 saturated heterocycles. The van der Waals surface area contributed by atoms with E-state index in [0.29, 0.717) is 42.4 Å². The minimum absolute atomic E-state index is 0.0830. The van der Waals surface area contributed by atoms with Crippen molar-refractivity contribution in [2.75, 3.05) is 25.0 Å². The first kappa shape index (κ1) is 37.9. The maximum atomic E-state index is 13.0. The van der Waals surface area contributed by atoms with Crippen molar-refractivity contribution >= 4 is 45.8 Å². The number of aromatic nitrogens is 3. The number of aryl methyl sites for hydroxylation is 1. The fourth-order valence-corrected chi connectivity index (χ4v) is 7.74. The van der Waals surface area contributed by atoms with Crippen molar-refractivity contribution in [1.82, 2.24) is 30.5 Å². The van der Waals surface area contributed by atoms with E-state index >= 15 is 0 Å². The Kier molecular flexibility index (Phi) is 13.0. The lowest BCUT2D eigenvalue weighted by Gasteiger charge is -2.19. The number of nitrogens with one attached hydrogen (secondary N) is 4. The largest absolute Gasteiger partial charge is 0.356 e. The molecule has 0 aliphatic carbocycles. The Morgan fingerprint density at radius 1 is 0.906 bits per heavy atom. The van der Waals surface area contributed by atoms with Gasteiger partial charge in [0.25, 0.3) is 11.8 Å². The Balaban J connectivity index is 0.823. The van der Waals surface area contributed by atoms with Crippen molar-refractivity contribution in [2.45, 2.75) is 90.6 Å². The lowest BCUT2D eigenvalue weighted by Crippen LogP contribution is -2.26. The summed E-state index contributed by atoms with van der Waals surface area (Å²) in [5, 5.41) is 9.00. The summed E-state index contributed by atoms with van der Waals surface area (Å²) >= 11 is 1.65. The number of imidazole rings is 1. The molecule has 0 bridgehead atoms. The molecule has 2 aromatic heterocycles. The number of nitrogens with zero attached hydrogens (tertiary/aromatic N) is 3. The second kappa shape index (κ2) is 18.3. The first-order chi connectivity index (χ1) is 25.7. The van der Waals surface area contributed by atoms with Gasteiger partial charge in [-0.2, -0.15) is 0 Å². The molecule has 0 unspecified atom stereocenters. The monoisotopic (exact) mass is 733 g/mol. The van der Waals surface area contributed by atoms with Crippen LogP contribution >= 0.6 is 11.3 Å². The molecule has 3 heterocycles. The molecule has 3 amide bonds. The van der Waals surface area contributed by atoms with Gasteiger partial charge in [0.1, 0.15) is 5.82 Å². The third-order valence-electron chi connectivity index (χ3n) is 10.2. The van der Waals surface area contributed by atoms with Gasteiger partial charge in [-0.25, -0.2) is 9.97 Å². The average Bonchev–Trinajstić information content (AvgIpc) is 3.90. The molecule has 3 aromatic carbocycles. The van der Waals surface area contributed by atoms with Crippen LogP contribution in [0, 0.1) is 6.92 Å². The van der Waals surface area contributed by atoms with Gasteiger partial charge in [0.2, 0.25) is 5.91 Å². The van der Waals surface area contributed by atoms with Gasteiger partial charge in [-0.1, -0.05) is 50.5 Å². The summed E-state index contributed by atoms with van der Waals surface area (Å²) in [6.45, 7) is 9.54. The SMILES string of the molecule is Cc1ncsc1-c1ccc([C@@H](C)CC(=O)NCCCCCCCNC(=O)c2ccc(C(=O)Nc3ccc4[nH]c(CN5CCC[C@@H]5C)nc4c3)cc2)cc1. The number of unbranched alkanes of at least 4 members (excludes halogenated alkanes) is 4. The molecule has 4 N–H and O–H groups in total. The third-order valence-corrected chi connectivity index (χ3v) is 11.2. The van der Waals surface area contributed by atoms with E-state index in [1.165, 1.54) is 17.7 Å². The number of rotatable bonds is 17. The topological polar surface area (TPSA) is 132 Å². The fraction of sp³-hybridized carbons (Fsp3) is 0.405. The maximum absolute atomic E-state index is 13.0. The highest BCUT2D eigenvalue weighted by molar-refractivity contribution is 7.13. The van der Waals surface area contributed by atoms with Crippen molar-refractivity contribution in [2.24, 2.45) is 0 Å². The number of carbonyl (C=O) groups is 3. The third kappa shape index (κ3) is 10.4. The summed E-state index contributed by atoms with van der Waals surface area (Å²) < 4.78 is 0. The lowest BCUT2D eigenvalue weighted by atomic mass is 9.96. The molecule has 0 spiro atoms. The number of H-pyrrole nitrogens is 1. The molecule has 53 heavy (non-hydrogen) atoms. The predicted molar refractivity (Wildman–Crippen MR) is 213 cm³/mol. The summed E-state index contributed by atoms with van der Waals surface area (Å²) in [5.41, 5.74) is 8.68. The van der Waals surface area contributed by atoms with Crippen LogP contribution in [-0.4, -0.2) is 63.2 Å². The Labute approximate surface area is 316 Å². The molecule has 11 heteroatoms. The van der Waals surface area contributed by atoms with Crippen molar-refractivity contribution < 1.29 is 14.4 Å². The smallest absolute Gasteiger partial charge is 0.255 e. The standard InChI is InChI=1S/C42H51N7O3S/c1-28(31-11-13-32(14-12-31)40-30(3)45-27-53-40)24-39(50)43-21-7-5-4-6-8-22-44-41(51)33-15-17-34(18-16-33)42(52)46-35-19-20-36-37(25-35)48-38(47-36)26-49-23-9-10-29(49)2/h11-20,25,27-29H,4-10,21-24,26H2,1-3H3,(H,43,50)(H,44,51)(H,46,52)(H,47,48)/t28-,29-/m0/s1. The summed E-state index contributed by atoms with van der Waals surface area (Å²) in [5.74, 6) is 0.779. The van der Waals surface area contributed by atoms with E-state index in [4.69, 9.17) is 4.98 Å². The van der Waals surface area contributed by atoms with Crippen LogP contribution < -0.4 is 16.0 Å². The molecule has 1 aliphatic rings. The van der Waals surface area contributed by atoms with Gasteiger partial charge in [-0.05, 0) is 106 Å². The van der Waals surface area contributed by atoms with Gasteiger partial charge in [0.05, 0.1) is 33.7 Å². The number of carbonyl (C=O) groups excluding carboxylic acids is 3. The van der Waals surface area contributed by atoms with Crippen LogP contribution in [0.25, 0.3) is 21.5 Å². The van der Waals surface area contributed by atoms with Crippen LogP contribution in [0.4, 0.5) is 5.69 Å². The Morgan fingerprint density at radius 3 is 2.28 bits per heavy atom. The van der Waals surface area contributed by atoms with E-state index in [1.807, 2.05) is 30.6 Å². The number of benzene rings is 3. The number of thiazole rings is 1. The first-order valence-corrected chi connectivity index (χ1v) is 19.8. The molecule has 2 atom stereocenters. The van der Waals surface area contributed by atoms with Crippen LogP contribution in [0.2, 0.25) is 0 Å². The molecular weight excluding hydrogens is 683 g/mol. The van der Waals surface area contributed by atoms with Gasteiger partial charge in [0, 0.05) is 42.4 Å². The molecule has 5 aromatic rings. The Morgan fingerprint density at radius 2 is 1.60 bits per heavy atom. The minimum Gasteiger partial charge on any atom is -0.356 e. The van der Waals surface area contributed by atoms with Crippen LogP contribution in [0.3, 0.4) is 0 Å². The van der Waals surface area contributed by atoms with Gasteiger partial charge >= 0.3 is 0 Å². The zero-order chi connectivity index (χ0) is 37.2. The predicted octanol–water partition coefficient (Wildman–Crippen LogP) is 8.22. The number of fused-ring (bicyclic) bond motifs is 1. The van der Waals surface area contributed by atoms with Crippen molar-refractivity contribution in [3.63, 3.8) is 0 Å². The highest BCUT2D eigenvalue weighted by Gasteiger charge is 2.21. The van der Waals surface area contributed by atoms with E-state index in [0.717, 1.165) is 78.9 Å². The van der Waals surface area contributed by atoms with Crippen molar-refractivity contribution in [1.29, 1.82) is 0 Å². The van der Waals surface area contributed by atoms with E-state index < -0.39 is 0 Å². The number of amides is 3. The minimum atomic E-state index is -0.240. The van der Waals surface area contributed by atoms with Crippen LogP contribution in [0.5, 0.6) is 0 Å². The summed E-state index contributed by atoms with van der Waals surface area (Å²) in [6.07, 6.45) is 7.82. The maximum Gasteiger partial charge on any atom is 0.255 e. The van der Waals surface area contributed by atoms with Gasteiger partial charge in [0.15, 0.2) is 0 Å². The average molecular weight is 734 g/mol. The van der Waals surface area contributed by atoms with Crippen molar-refractivity contribution in [3.05, 3.63) is 100 Å². The second-order valence-electron chi connectivity index (χ2n) is 14.3. The molecule has 10 nitrogen and oxygen atoms in total. The van der Waals surface area contributed by atoms with E-state index in [-0.39, 0.29) is 23.6 Å². The highest BCUT2D eigenvalue weighted by Crippen LogP contribution is 2.29. The Hall–Kier alpha value is -4.87. The van der Waals surface area contributed by atoms with E-state index in [1.54, 1.807) is 35.6 Å². The quantitative estimate of drug-likeness (QED) is 0.0713. The zero-order valence-corrected chi connectivity index (χ0v) is 31.9. The molecule has 0 saturated carbocycles. The molecule has 0 radical (unpaired) electrons. The molecular formula is C42H51N7O3S. The number of hydrogen-bond acceptors (Lipinski definition) is 7. The highest BCUT2D eigenvalue weighted by atomic mass is 32.1. The molecule has 278 valence electrons. The van der Waals surface area contributed by atoms with Gasteiger partial charge in [-0.15, -0.1) is 11.3 Å². The molecule has 1 fully saturated rings. The lowest BCUT2D eigenvalue weighted by molar-refractivity contribution is -0.121. The fourth-order valence-electron chi connectivity index (χ4n) is 6.93. The summed E-state index contributed by atoms with van der Waals surface area (Å²) in [7, 11) is 0. The number of likely N-dealkylation sites (tertiary alicyclic amines) is 1. The zero-order valence-electron chi connectivity index (χ0n) is 31.0. The van der Waals surface area contributed by atoms with Gasteiger partial charge in [-0.3, -0.25) is 19.3 Å². The number of anilines is 1. The summed E-state index contributed by atoms with van der Waals surface area (Å²) in [6, 6.07) is 21.4. The number of hydrogen-bond donors (Lipinski definition) is 4. The first-order valence-electron chi connectivity index (χ1n) is 18.9. The van der Waals surface area contributed by atoms with Crippen LogP contribution in [0.1, 0.15) is 109 Å². The van der Waals surface area contributed by atoms with E-state index in [2.05, 4.69) is 68.9 Å². The van der Waals surface area contributed by atoms with Crippen LogP contribution in [-0.2, 0) is 11.3 Å². The molecule has 6 rings (SSSR count). The van der Waals surface area contributed by atoms with Gasteiger partial charge < -0.3 is 20.9 Å². The second-order valence-corrected chi connectivity index (χ2v) is 15.1. The van der Waals surface area contributed by atoms with E-state index in [9.17, 15) is 14.4 Å². The molecule has 1 aliphatic heterocycles. The summed E-state index contributed by atoms with van der Waals surface area (Å²) in [4.78, 5) is 54.3. The number of aromatic amines is 1. The van der Waals surface area contributed by atoms with Crippen LogP contribution in [0.15, 0.2) is 72.2 Å². The van der Waals surface area contributed by atoms with Crippen molar-refractivity contribution in [3.8, 4) is 10.4 Å².